The minimum Gasteiger partial charge on any atom is -0.484 e. The third kappa shape index (κ3) is 7.00. The largest absolute Gasteiger partial charge is 0.484 e. The summed E-state index contributed by atoms with van der Waals surface area (Å²) in [6, 6.07) is 14.5. The van der Waals surface area contributed by atoms with Crippen LogP contribution in [0.1, 0.15) is 52.2 Å². The lowest BCUT2D eigenvalue weighted by Crippen LogP contribution is -2.50. The molecular weight excluding hydrogens is 412 g/mol. The molecule has 0 unspecified atom stereocenters. The number of halogens is 1. The van der Waals surface area contributed by atoms with Crippen LogP contribution in [0.2, 0.25) is 5.02 Å². The minimum absolute atomic E-state index is 0.0427. The molecule has 0 aromatic heterocycles. The van der Waals surface area contributed by atoms with Crippen LogP contribution < -0.4 is 10.1 Å². The van der Waals surface area contributed by atoms with Crippen LogP contribution in [0.5, 0.6) is 5.75 Å². The monoisotopic (exact) mass is 444 g/mol. The summed E-state index contributed by atoms with van der Waals surface area (Å²) in [6.07, 6.45) is 0.488. The van der Waals surface area contributed by atoms with Crippen LogP contribution in [-0.4, -0.2) is 35.9 Å². The van der Waals surface area contributed by atoms with Crippen molar-refractivity contribution in [2.75, 3.05) is 13.2 Å². The van der Waals surface area contributed by atoms with E-state index in [1.54, 1.807) is 11.0 Å². The minimum atomic E-state index is -0.601. The van der Waals surface area contributed by atoms with Crippen LogP contribution in [0, 0.1) is 0 Å². The van der Waals surface area contributed by atoms with Gasteiger partial charge in [-0.05, 0) is 48.1 Å². The van der Waals surface area contributed by atoms with E-state index in [1.165, 1.54) is 5.56 Å². The molecule has 2 aromatic rings. The van der Waals surface area contributed by atoms with Gasteiger partial charge in [-0.1, -0.05) is 69.6 Å². The molecule has 31 heavy (non-hydrogen) atoms. The number of carbonyl (C=O) groups is 2. The van der Waals surface area contributed by atoms with E-state index in [9.17, 15) is 9.59 Å². The van der Waals surface area contributed by atoms with E-state index in [4.69, 9.17) is 16.3 Å². The van der Waals surface area contributed by atoms with Crippen molar-refractivity contribution in [3.63, 3.8) is 0 Å². The second-order valence-electron chi connectivity index (χ2n) is 8.49. The second kappa shape index (κ2) is 11.2. The Kier molecular flexibility index (Phi) is 8.93. The molecule has 2 aromatic carbocycles. The molecule has 6 heteroatoms. The van der Waals surface area contributed by atoms with E-state index >= 15 is 0 Å². The van der Waals surface area contributed by atoms with Gasteiger partial charge in [-0.15, -0.1) is 0 Å². The van der Waals surface area contributed by atoms with Crippen LogP contribution >= 0.6 is 11.6 Å². The average molecular weight is 445 g/mol. The molecule has 2 amide bonds. The van der Waals surface area contributed by atoms with Gasteiger partial charge in [-0.2, -0.15) is 0 Å². The molecule has 0 fully saturated rings. The van der Waals surface area contributed by atoms with Crippen LogP contribution in [-0.2, 0) is 21.5 Å². The summed E-state index contributed by atoms with van der Waals surface area (Å²) in [5.74, 6) is 0.169. The van der Waals surface area contributed by atoms with Crippen molar-refractivity contribution in [1.29, 1.82) is 0 Å². The highest BCUT2D eigenvalue weighted by atomic mass is 35.5. The maximum Gasteiger partial charge on any atom is 0.261 e. The summed E-state index contributed by atoms with van der Waals surface area (Å²) in [4.78, 5) is 27.3. The highest BCUT2D eigenvalue weighted by molar-refractivity contribution is 6.31. The molecule has 0 aliphatic heterocycles. The third-order valence-corrected chi connectivity index (χ3v) is 5.49. The van der Waals surface area contributed by atoms with Gasteiger partial charge in [0.1, 0.15) is 11.8 Å². The van der Waals surface area contributed by atoms with E-state index in [2.05, 4.69) is 26.1 Å². The smallest absolute Gasteiger partial charge is 0.261 e. The molecule has 168 valence electrons. The summed E-state index contributed by atoms with van der Waals surface area (Å²) in [5, 5.41) is 3.38. The summed E-state index contributed by atoms with van der Waals surface area (Å²) in [5.41, 5.74) is 2.02. The maximum absolute atomic E-state index is 13.1. The molecule has 1 atom stereocenters. The first-order valence-electron chi connectivity index (χ1n) is 10.7. The molecule has 0 bridgehead atoms. The van der Waals surface area contributed by atoms with Crippen LogP contribution in [0.4, 0.5) is 0 Å². The fourth-order valence-electron chi connectivity index (χ4n) is 3.30. The van der Waals surface area contributed by atoms with Gasteiger partial charge in [-0.3, -0.25) is 9.59 Å². The molecule has 1 N–H and O–H groups in total. The fraction of sp³-hybridized carbons (Fsp3) is 0.440. The van der Waals surface area contributed by atoms with Crippen LogP contribution in [0.3, 0.4) is 0 Å². The zero-order valence-corrected chi connectivity index (χ0v) is 19.8. The van der Waals surface area contributed by atoms with Gasteiger partial charge in [0.2, 0.25) is 5.91 Å². The topological polar surface area (TPSA) is 58.6 Å². The standard InChI is InChI=1S/C25H33ClN2O3/c1-6-22(24(30)27-7-2)28(16-18-10-8-9-11-21(18)26)23(29)17-31-20-14-12-19(13-15-20)25(3,4)5/h8-15,22H,6-7,16-17H2,1-5H3,(H,27,30)/t22-/m0/s1. The van der Waals surface area contributed by atoms with E-state index < -0.39 is 6.04 Å². The molecule has 5 nitrogen and oxygen atoms in total. The summed E-state index contributed by atoms with van der Waals surface area (Å²) in [6.45, 7) is 10.8. The third-order valence-electron chi connectivity index (χ3n) is 5.12. The molecule has 0 aliphatic carbocycles. The normalized spacial score (nSPS) is 12.2. The highest BCUT2D eigenvalue weighted by Crippen LogP contribution is 2.24. The zero-order chi connectivity index (χ0) is 23.0. The Balaban J connectivity index is 2.18. The predicted molar refractivity (Wildman–Crippen MR) is 125 cm³/mol. The first-order chi connectivity index (χ1) is 14.7. The Morgan fingerprint density at radius 3 is 2.26 bits per heavy atom. The lowest BCUT2D eigenvalue weighted by molar-refractivity contribution is -0.142. The first kappa shape index (κ1) is 24.7. The van der Waals surface area contributed by atoms with E-state index in [0.29, 0.717) is 23.7 Å². The van der Waals surface area contributed by atoms with Gasteiger partial charge >= 0.3 is 0 Å². The van der Waals surface area contributed by atoms with Crippen molar-refractivity contribution in [2.24, 2.45) is 0 Å². The highest BCUT2D eigenvalue weighted by Gasteiger charge is 2.29. The van der Waals surface area contributed by atoms with Crippen molar-refractivity contribution in [2.45, 2.75) is 59.0 Å². The van der Waals surface area contributed by atoms with Crippen molar-refractivity contribution in [3.8, 4) is 5.75 Å². The first-order valence-corrected chi connectivity index (χ1v) is 11.1. The fourth-order valence-corrected chi connectivity index (χ4v) is 3.50. The predicted octanol–water partition coefficient (Wildman–Crippen LogP) is 4.96. The number of amides is 2. The summed E-state index contributed by atoms with van der Waals surface area (Å²) in [7, 11) is 0. The number of carbonyl (C=O) groups excluding carboxylic acids is 2. The lowest BCUT2D eigenvalue weighted by Gasteiger charge is -2.30. The van der Waals surface area contributed by atoms with E-state index in [-0.39, 0.29) is 30.4 Å². The van der Waals surface area contributed by atoms with Gasteiger partial charge in [0.05, 0.1) is 0 Å². The van der Waals surface area contributed by atoms with Crippen molar-refractivity contribution >= 4 is 23.4 Å². The molecule has 0 saturated carbocycles. The molecule has 2 rings (SSSR count). The summed E-state index contributed by atoms with van der Waals surface area (Å²) < 4.78 is 5.76. The maximum atomic E-state index is 13.1. The van der Waals surface area contributed by atoms with Gasteiger partial charge < -0.3 is 15.0 Å². The average Bonchev–Trinajstić information content (AvgIpc) is 2.73. The van der Waals surface area contributed by atoms with Crippen molar-refractivity contribution in [1.82, 2.24) is 10.2 Å². The number of benzene rings is 2. The van der Waals surface area contributed by atoms with Gasteiger partial charge in [0, 0.05) is 18.1 Å². The molecule has 0 heterocycles. The number of ether oxygens (including phenoxy) is 1. The quantitative estimate of drug-likeness (QED) is 0.594. The van der Waals surface area contributed by atoms with Gasteiger partial charge in [0.25, 0.3) is 5.91 Å². The van der Waals surface area contributed by atoms with E-state index in [0.717, 1.165) is 5.56 Å². The number of likely N-dealkylation sites (N-methyl/N-ethyl adjacent to an activating group) is 1. The Labute approximate surface area is 190 Å². The van der Waals surface area contributed by atoms with Gasteiger partial charge in [0.15, 0.2) is 6.61 Å². The Morgan fingerprint density at radius 1 is 1.06 bits per heavy atom. The van der Waals surface area contributed by atoms with Crippen LogP contribution in [0.25, 0.3) is 0 Å². The van der Waals surface area contributed by atoms with Gasteiger partial charge in [-0.25, -0.2) is 0 Å². The molecular formula is C25H33ClN2O3. The Morgan fingerprint density at radius 2 is 1.71 bits per heavy atom. The number of nitrogens with zero attached hydrogens (tertiary/aromatic N) is 1. The summed E-state index contributed by atoms with van der Waals surface area (Å²) >= 11 is 6.32. The Bertz CT molecular complexity index is 875. The number of rotatable bonds is 9. The second-order valence-corrected chi connectivity index (χ2v) is 8.90. The van der Waals surface area contributed by atoms with E-state index in [1.807, 2.05) is 56.3 Å². The molecule has 0 radical (unpaired) electrons. The van der Waals surface area contributed by atoms with Crippen LogP contribution in [0.15, 0.2) is 48.5 Å². The van der Waals surface area contributed by atoms with Crippen molar-refractivity contribution in [3.05, 3.63) is 64.7 Å². The SMILES string of the molecule is CCNC(=O)[C@H](CC)N(Cc1ccccc1Cl)C(=O)COc1ccc(C(C)(C)C)cc1. The molecule has 0 aliphatic rings. The number of hydrogen-bond donors (Lipinski definition) is 1. The molecule has 0 saturated heterocycles. The zero-order valence-electron chi connectivity index (χ0n) is 19.1. The lowest BCUT2D eigenvalue weighted by atomic mass is 9.87. The Hall–Kier alpha value is -2.53. The number of nitrogens with one attached hydrogen (secondary N) is 1. The number of hydrogen-bond acceptors (Lipinski definition) is 3. The molecule has 0 spiro atoms. The van der Waals surface area contributed by atoms with Crippen molar-refractivity contribution < 1.29 is 14.3 Å².